The number of hydrogen-bond acceptors (Lipinski definition) is 2. The third-order valence-corrected chi connectivity index (χ3v) is 3.42. The molecule has 0 radical (unpaired) electrons. The predicted molar refractivity (Wildman–Crippen MR) is 71.0 cm³/mol. The molecule has 1 aromatic carbocycles. The van der Waals surface area contributed by atoms with Crippen molar-refractivity contribution in [1.29, 1.82) is 0 Å². The Morgan fingerprint density at radius 1 is 1.22 bits per heavy atom. The Kier molecular flexibility index (Phi) is 3.44. The summed E-state index contributed by atoms with van der Waals surface area (Å²) in [7, 11) is 0. The van der Waals surface area contributed by atoms with Crippen LogP contribution in [0.15, 0.2) is 30.3 Å². The Morgan fingerprint density at radius 3 is 2.28 bits per heavy atom. The van der Waals surface area contributed by atoms with E-state index in [2.05, 4.69) is 5.48 Å². The third kappa shape index (κ3) is 2.56. The predicted octanol–water partition coefficient (Wildman–Crippen LogP) is 2.95. The van der Waals surface area contributed by atoms with E-state index in [4.69, 9.17) is 4.84 Å². The third-order valence-electron chi connectivity index (χ3n) is 3.42. The van der Waals surface area contributed by atoms with Crippen molar-refractivity contribution in [1.82, 2.24) is 5.48 Å². The molecule has 2 rings (SSSR count). The Morgan fingerprint density at radius 2 is 1.83 bits per heavy atom. The first-order chi connectivity index (χ1) is 8.44. The molecule has 1 aliphatic rings. The lowest BCUT2D eigenvalue weighted by molar-refractivity contribution is -0.154. The van der Waals surface area contributed by atoms with E-state index < -0.39 is 0 Å². The van der Waals surface area contributed by atoms with E-state index in [-0.39, 0.29) is 16.9 Å². The second-order valence-corrected chi connectivity index (χ2v) is 5.95. The summed E-state index contributed by atoms with van der Waals surface area (Å²) in [5, 5.41) is 0. The molecule has 3 nitrogen and oxygen atoms in total. The maximum absolute atomic E-state index is 12.4. The molecule has 0 unspecified atom stereocenters. The summed E-state index contributed by atoms with van der Waals surface area (Å²) in [6.07, 6.45) is 2.89. The molecule has 98 valence electrons. The second kappa shape index (κ2) is 4.73. The first kappa shape index (κ1) is 13.1. The van der Waals surface area contributed by atoms with Crippen LogP contribution in [0.3, 0.4) is 0 Å². The molecular weight excluding hydrogens is 226 g/mol. The van der Waals surface area contributed by atoms with Crippen molar-refractivity contribution in [2.75, 3.05) is 0 Å². The van der Waals surface area contributed by atoms with Gasteiger partial charge in [-0.25, -0.2) is 5.48 Å². The van der Waals surface area contributed by atoms with Crippen LogP contribution in [0.4, 0.5) is 0 Å². The lowest BCUT2D eigenvalue weighted by Crippen LogP contribution is -2.50. The van der Waals surface area contributed by atoms with E-state index >= 15 is 0 Å². The van der Waals surface area contributed by atoms with Gasteiger partial charge in [-0.05, 0) is 39.2 Å². The molecule has 0 atom stereocenters. The standard InChI is InChI=1S/C15H21NO2/c1-14(2,3)18-16-13(17)15(10-7-11-15)12-8-5-4-6-9-12/h4-6,8-9H,7,10-11H2,1-3H3,(H,16,17). The van der Waals surface area contributed by atoms with Crippen molar-refractivity contribution in [2.45, 2.75) is 51.0 Å². The van der Waals surface area contributed by atoms with E-state index in [0.29, 0.717) is 0 Å². The van der Waals surface area contributed by atoms with E-state index in [1.807, 2.05) is 51.1 Å². The molecule has 1 saturated carbocycles. The van der Waals surface area contributed by atoms with E-state index in [1.165, 1.54) is 0 Å². The fourth-order valence-electron chi connectivity index (χ4n) is 2.23. The molecule has 1 amide bonds. The molecule has 0 bridgehead atoms. The van der Waals surface area contributed by atoms with Gasteiger partial charge in [0.1, 0.15) is 0 Å². The van der Waals surface area contributed by atoms with Crippen LogP contribution in [0.5, 0.6) is 0 Å². The number of rotatable bonds is 3. The molecule has 0 aromatic heterocycles. The fourth-order valence-corrected chi connectivity index (χ4v) is 2.23. The smallest absolute Gasteiger partial charge is 0.254 e. The number of carbonyl (C=O) groups excluding carboxylic acids is 1. The van der Waals surface area contributed by atoms with Crippen molar-refractivity contribution in [2.24, 2.45) is 0 Å². The first-order valence-electron chi connectivity index (χ1n) is 6.48. The lowest BCUT2D eigenvalue weighted by atomic mass is 9.64. The quantitative estimate of drug-likeness (QED) is 0.834. The summed E-state index contributed by atoms with van der Waals surface area (Å²) >= 11 is 0. The normalized spacial score (nSPS) is 17.9. The van der Waals surface area contributed by atoms with Gasteiger partial charge in [0.05, 0.1) is 11.0 Å². The van der Waals surface area contributed by atoms with Crippen molar-refractivity contribution in [3.05, 3.63) is 35.9 Å². The fraction of sp³-hybridized carbons (Fsp3) is 0.533. The van der Waals surface area contributed by atoms with Crippen LogP contribution >= 0.6 is 0 Å². The van der Waals surface area contributed by atoms with Crippen LogP contribution in [-0.2, 0) is 15.0 Å². The first-order valence-corrected chi connectivity index (χ1v) is 6.48. The summed E-state index contributed by atoms with van der Waals surface area (Å²) < 4.78 is 0. The van der Waals surface area contributed by atoms with Gasteiger partial charge in [-0.1, -0.05) is 36.8 Å². The Balaban J connectivity index is 2.11. The lowest BCUT2D eigenvalue weighted by Gasteiger charge is -2.41. The molecule has 0 spiro atoms. The van der Waals surface area contributed by atoms with Gasteiger partial charge >= 0.3 is 0 Å². The van der Waals surface area contributed by atoms with Crippen molar-refractivity contribution >= 4 is 5.91 Å². The Bertz CT molecular complexity index is 416. The highest BCUT2D eigenvalue weighted by atomic mass is 16.7. The van der Waals surface area contributed by atoms with Gasteiger partial charge in [0.25, 0.3) is 5.91 Å². The molecule has 1 N–H and O–H groups in total. The topological polar surface area (TPSA) is 38.3 Å². The number of hydrogen-bond donors (Lipinski definition) is 1. The molecular formula is C15H21NO2. The number of benzene rings is 1. The van der Waals surface area contributed by atoms with Crippen LogP contribution in [0.2, 0.25) is 0 Å². The summed E-state index contributed by atoms with van der Waals surface area (Å²) in [5.41, 5.74) is 2.97. The minimum Gasteiger partial charge on any atom is -0.272 e. The number of amides is 1. The SMILES string of the molecule is CC(C)(C)ONC(=O)C1(c2ccccc2)CCC1. The Hall–Kier alpha value is -1.35. The van der Waals surface area contributed by atoms with Gasteiger partial charge in [0, 0.05) is 0 Å². The molecule has 3 heteroatoms. The van der Waals surface area contributed by atoms with Crippen LogP contribution in [-0.4, -0.2) is 11.5 Å². The van der Waals surface area contributed by atoms with E-state index in [1.54, 1.807) is 0 Å². The average molecular weight is 247 g/mol. The maximum Gasteiger partial charge on any atom is 0.254 e. The zero-order chi connectivity index (χ0) is 13.2. The van der Waals surface area contributed by atoms with Gasteiger partial charge in [0.15, 0.2) is 0 Å². The van der Waals surface area contributed by atoms with Crippen molar-refractivity contribution in [3.8, 4) is 0 Å². The zero-order valence-corrected chi connectivity index (χ0v) is 11.3. The summed E-state index contributed by atoms with van der Waals surface area (Å²) in [6.45, 7) is 5.76. The minimum absolute atomic E-state index is 0.0186. The molecule has 18 heavy (non-hydrogen) atoms. The van der Waals surface area contributed by atoms with Gasteiger partial charge in [0.2, 0.25) is 0 Å². The highest BCUT2D eigenvalue weighted by molar-refractivity contribution is 5.88. The second-order valence-electron chi connectivity index (χ2n) is 5.95. The average Bonchev–Trinajstić information content (AvgIpc) is 2.25. The summed E-state index contributed by atoms with van der Waals surface area (Å²) in [6, 6.07) is 9.98. The van der Waals surface area contributed by atoms with Crippen LogP contribution in [0.1, 0.15) is 45.6 Å². The molecule has 1 fully saturated rings. The van der Waals surface area contributed by atoms with Gasteiger partial charge in [-0.3, -0.25) is 9.63 Å². The zero-order valence-electron chi connectivity index (χ0n) is 11.3. The highest BCUT2D eigenvalue weighted by Gasteiger charge is 2.46. The monoisotopic (exact) mass is 247 g/mol. The summed E-state index contributed by atoms with van der Waals surface area (Å²) in [4.78, 5) is 17.8. The largest absolute Gasteiger partial charge is 0.272 e. The number of nitrogens with one attached hydrogen (secondary N) is 1. The van der Waals surface area contributed by atoms with Crippen molar-refractivity contribution < 1.29 is 9.63 Å². The number of hydroxylamine groups is 1. The van der Waals surface area contributed by atoms with E-state index in [9.17, 15) is 4.79 Å². The van der Waals surface area contributed by atoms with E-state index in [0.717, 1.165) is 24.8 Å². The number of carbonyl (C=O) groups is 1. The Labute approximate surface area is 108 Å². The van der Waals surface area contributed by atoms with Crippen LogP contribution < -0.4 is 5.48 Å². The van der Waals surface area contributed by atoms with Gasteiger partial charge < -0.3 is 0 Å². The van der Waals surface area contributed by atoms with Crippen molar-refractivity contribution in [3.63, 3.8) is 0 Å². The maximum atomic E-state index is 12.4. The molecule has 1 aliphatic carbocycles. The van der Waals surface area contributed by atoms with Crippen LogP contribution in [0.25, 0.3) is 0 Å². The molecule has 0 aliphatic heterocycles. The summed E-state index contributed by atoms with van der Waals surface area (Å²) in [5.74, 6) is -0.0186. The highest BCUT2D eigenvalue weighted by Crippen LogP contribution is 2.43. The molecule has 0 saturated heterocycles. The van der Waals surface area contributed by atoms with Crippen LogP contribution in [0, 0.1) is 0 Å². The van der Waals surface area contributed by atoms with Gasteiger partial charge in [-0.2, -0.15) is 0 Å². The molecule has 0 heterocycles. The minimum atomic E-state index is -0.382. The van der Waals surface area contributed by atoms with Gasteiger partial charge in [-0.15, -0.1) is 0 Å². The molecule has 1 aromatic rings.